The van der Waals surface area contributed by atoms with E-state index in [0.717, 1.165) is 22.3 Å². The van der Waals surface area contributed by atoms with E-state index in [1.807, 2.05) is 49.4 Å². The maximum Gasteiger partial charge on any atom is 0.311 e. The maximum atomic E-state index is 11.5. The van der Waals surface area contributed by atoms with Crippen LogP contribution in [0.5, 0.6) is 11.5 Å². The summed E-state index contributed by atoms with van der Waals surface area (Å²) in [5.74, 6) is 1.99. The van der Waals surface area contributed by atoms with Crippen LogP contribution in [0.1, 0.15) is 30.6 Å². The van der Waals surface area contributed by atoms with Gasteiger partial charge in [-0.2, -0.15) is 0 Å². The molecule has 0 aliphatic carbocycles. The lowest BCUT2D eigenvalue weighted by Crippen LogP contribution is -2.18. The lowest BCUT2D eigenvalue weighted by molar-refractivity contribution is -0.135. The first-order chi connectivity index (χ1) is 11.2. The number of hydrogen-bond donors (Lipinski definition) is 0. The van der Waals surface area contributed by atoms with Gasteiger partial charge in [-0.15, -0.1) is 0 Å². The summed E-state index contributed by atoms with van der Waals surface area (Å²) < 4.78 is 16.8. The summed E-state index contributed by atoms with van der Waals surface area (Å²) in [5.41, 5.74) is 1.89. The lowest BCUT2D eigenvalue weighted by Gasteiger charge is -2.21. The smallest absolute Gasteiger partial charge is 0.311 e. The number of ether oxygens (including phenoxy) is 2. The van der Waals surface area contributed by atoms with Gasteiger partial charge in [0.1, 0.15) is 29.4 Å². The second kappa shape index (κ2) is 5.47. The summed E-state index contributed by atoms with van der Waals surface area (Å²) in [6, 6.07) is 15.4. The van der Waals surface area contributed by atoms with Crippen molar-refractivity contribution in [1.29, 1.82) is 0 Å². The number of carbonyl (C=O) groups is 1. The molecular weight excluding hydrogens is 292 g/mol. The van der Waals surface area contributed by atoms with E-state index in [9.17, 15) is 4.79 Å². The number of para-hydroxylation sites is 1. The van der Waals surface area contributed by atoms with Crippen LogP contribution in [-0.2, 0) is 11.4 Å². The van der Waals surface area contributed by atoms with Crippen LogP contribution >= 0.6 is 0 Å². The Morgan fingerprint density at radius 3 is 2.91 bits per heavy atom. The third-order valence-electron chi connectivity index (χ3n) is 4.07. The Hall–Kier alpha value is -2.75. The highest BCUT2D eigenvalue weighted by Gasteiger charge is 2.24. The number of carbonyl (C=O) groups excluding carboxylic acids is 1. The van der Waals surface area contributed by atoms with Gasteiger partial charge in [0.15, 0.2) is 0 Å². The van der Waals surface area contributed by atoms with Crippen molar-refractivity contribution in [3.05, 3.63) is 59.9 Å². The Kier molecular flexibility index (Phi) is 3.30. The van der Waals surface area contributed by atoms with Crippen molar-refractivity contribution in [2.75, 3.05) is 0 Å². The molecule has 1 aliphatic rings. The first kappa shape index (κ1) is 13.9. The van der Waals surface area contributed by atoms with Crippen molar-refractivity contribution in [2.45, 2.75) is 25.9 Å². The van der Waals surface area contributed by atoms with Crippen LogP contribution in [0.25, 0.3) is 11.0 Å². The fraction of sp³-hybridized carbons (Fsp3) is 0.211. The molecule has 4 heteroatoms. The Balaban J connectivity index is 1.53. The van der Waals surface area contributed by atoms with E-state index in [4.69, 9.17) is 13.9 Å². The molecule has 0 radical (unpaired) electrons. The number of esters is 1. The van der Waals surface area contributed by atoms with Crippen molar-refractivity contribution in [3.8, 4) is 11.5 Å². The highest BCUT2D eigenvalue weighted by atomic mass is 16.5. The summed E-state index contributed by atoms with van der Waals surface area (Å²) in [5, 5.41) is 1.05. The van der Waals surface area contributed by atoms with E-state index in [0.29, 0.717) is 24.5 Å². The highest BCUT2D eigenvalue weighted by molar-refractivity contribution is 5.78. The molecule has 0 spiro atoms. The standard InChI is InChI=1S/C19H16O4/c1-12-8-19(20)23-18-10-14(6-7-16(12)18)21-11-15-9-13-4-2-3-5-17(13)22-15/h2-7,9-10,12H,8,11H2,1H3. The summed E-state index contributed by atoms with van der Waals surface area (Å²) in [6.45, 7) is 2.35. The molecule has 0 amide bonds. The molecule has 1 aromatic heterocycles. The van der Waals surface area contributed by atoms with Gasteiger partial charge in [-0.25, -0.2) is 0 Å². The van der Waals surface area contributed by atoms with Crippen LogP contribution in [0.3, 0.4) is 0 Å². The van der Waals surface area contributed by atoms with Gasteiger partial charge in [-0.1, -0.05) is 31.2 Å². The molecule has 1 atom stereocenters. The first-order valence-corrected chi connectivity index (χ1v) is 7.64. The van der Waals surface area contributed by atoms with Gasteiger partial charge < -0.3 is 13.9 Å². The molecule has 116 valence electrons. The predicted octanol–water partition coefficient (Wildman–Crippen LogP) is 4.42. The van der Waals surface area contributed by atoms with Crippen molar-refractivity contribution in [1.82, 2.24) is 0 Å². The van der Waals surface area contributed by atoms with Crippen LogP contribution in [0.2, 0.25) is 0 Å². The zero-order valence-corrected chi connectivity index (χ0v) is 12.7. The minimum absolute atomic E-state index is 0.177. The number of furan rings is 1. The van der Waals surface area contributed by atoms with E-state index in [2.05, 4.69) is 0 Å². The number of rotatable bonds is 3. The Morgan fingerprint density at radius 1 is 1.17 bits per heavy atom. The lowest BCUT2D eigenvalue weighted by atomic mass is 9.95. The fourth-order valence-corrected chi connectivity index (χ4v) is 2.89. The van der Waals surface area contributed by atoms with E-state index in [1.54, 1.807) is 6.07 Å². The second-order valence-electron chi connectivity index (χ2n) is 5.82. The van der Waals surface area contributed by atoms with Gasteiger partial charge in [-0.3, -0.25) is 4.79 Å². The molecule has 1 aliphatic heterocycles. The van der Waals surface area contributed by atoms with Crippen molar-refractivity contribution in [3.63, 3.8) is 0 Å². The summed E-state index contributed by atoms with van der Waals surface area (Å²) >= 11 is 0. The Bertz CT molecular complexity index is 845. The monoisotopic (exact) mass is 308 g/mol. The largest absolute Gasteiger partial charge is 0.486 e. The molecule has 2 heterocycles. The van der Waals surface area contributed by atoms with E-state index < -0.39 is 0 Å². The maximum absolute atomic E-state index is 11.5. The average Bonchev–Trinajstić information content (AvgIpc) is 2.95. The second-order valence-corrected chi connectivity index (χ2v) is 5.82. The van der Waals surface area contributed by atoms with Gasteiger partial charge in [0, 0.05) is 11.5 Å². The number of hydrogen-bond acceptors (Lipinski definition) is 4. The summed E-state index contributed by atoms with van der Waals surface area (Å²) in [6.07, 6.45) is 0.423. The van der Waals surface area contributed by atoms with Crippen molar-refractivity contribution in [2.24, 2.45) is 0 Å². The molecule has 23 heavy (non-hydrogen) atoms. The number of benzene rings is 2. The molecule has 0 N–H and O–H groups in total. The average molecular weight is 308 g/mol. The SMILES string of the molecule is CC1CC(=O)Oc2cc(OCc3cc4ccccc4o3)ccc21. The Labute approximate surface area is 133 Å². The molecule has 3 aromatic rings. The van der Waals surface area contributed by atoms with Crippen LogP contribution in [0, 0.1) is 0 Å². The van der Waals surface area contributed by atoms with Gasteiger partial charge >= 0.3 is 5.97 Å². The van der Waals surface area contributed by atoms with Crippen LogP contribution in [0.15, 0.2) is 52.9 Å². The molecule has 1 unspecified atom stereocenters. The molecule has 4 nitrogen and oxygen atoms in total. The molecule has 2 aromatic carbocycles. The van der Waals surface area contributed by atoms with E-state index in [-0.39, 0.29) is 11.9 Å². The zero-order chi connectivity index (χ0) is 15.8. The molecule has 0 saturated carbocycles. The minimum atomic E-state index is -0.195. The molecule has 0 fully saturated rings. The highest BCUT2D eigenvalue weighted by Crippen LogP contribution is 2.36. The van der Waals surface area contributed by atoms with Crippen LogP contribution in [-0.4, -0.2) is 5.97 Å². The molecule has 4 rings (SSSR count). The predicted molar refractivity (Wildman–Crippen MR) is 85.7 cm³/mol. The third-order valence-corrected chi connectivity index (χ3v) is 4.07. The van der Waals surface area contributed by atoms with E-state index >= 15 is 0 Å². The van der Waals surface area contributed by atoms with Gasteiger partial charge in [-0.05, 0) is 29.7 Å². The summed E-state index contributed by atoms with van der Waals surface area (Å²) in [7, 11) is 0. The van der Waals surface area contributed by atoms with Crippen LogP contribution < -0.4 is 9.47 Å². The third kappa shape index (κ3) is 2.68. The molecule has 0 bridgehead atoms. The zero-order valence-electron chi connectivity index (χ0n) is 12.7. The number of fused-ring (bicyclic) bond motifs is 2. The molecular formula is C19H16O4. The Morgan fingerprint density at radius 2 is 2.04 bits per heavy atom. The fourth-order valence-electron chi connectivity index (χ4n) is 2.89. The topological polar surface area (TPSA) is 48.7 Å². The van der Waals surface area contributed by atoms with Crippen LogP contribution in [0.4, 0.5) is 0 Å². The molecule has 0 saturated heterocycles. The normalized spacial score (nSPS) is 16.9. The van der Waals surface area contributed by atoms with Gasteiger partial charge in [0.2, 0.25) is 0 Å². The van der Waals surface area contributed by atoms with E-state index in [1.165, 1.54) is 0 Å². The van der Waals surface area contributed by atoms with Gasteiger partial charge in [0.05, 0.1) is 6.42 Å². The quantitative estimate of drug-likeness (QED) is 0.530. The summed E-state index contributed by atoms with van der Waals surface area (Å²) in [4.78, 5) is 11.5. The van der Waals surface area contributed by atoms with Crippen molar-refractivity contribution >= 4 is 16.9 Å². The van der Waals surface area contributed by atoms with Crippen molar-refractivity contribution < 1.29 is 18.7 Å². The van der Waals surface area contributed by atoms with Gasteiger partial charge in [0.25, 0.3) is 0 Å². The minimum Gasteiger partial charge on any atom is -0.486 e. The first-order valence-electron chi connectivity index (χ1n) is 7.64.